The number of carbonyl (C=O) groups is 1. The molecule has 1 aliphatic heterocycles. The van der Waals surface area contributed by atoms with E-state index in [0.717, 1.165) is 41.2 Å². The van der Waals surface area contributed by atoms with Crippen LogP contribution in [0.2, 0.25) is 0 Å². The molecule has 4 nitrogen and oxygen atoms in total. The molecule has 1 saturated carbocycles. The summed E-state index contributed by atoms with van der Waals surface area (Å²) < 4.78 is 6.30. The van der Waals surface area contributed by atoms with Crippen molar-refractivity contribution < 1.29 is 14.6 Å². The van der Waals surface area contributed by atoms with E-state index < -0.39 is 0 Å². The van der Waals surface area contributed by atoms with E-state index in [1.807, 2.05) is 47.4 Å². The minimum atomic E-state index is -0.387. The number of aromatic hydroxyl groups is 1. The van der Waals surface area contributed by atoms with Gasteiger partial charge in [-0.15, -0.1) is 0 Å². The first kappa shape index (κ1) is 22.8. The molecule has 178 valence electrons. The van der Waals surface area contributed by atoms with Gasteiger partial charge in [0.2, 0.25) is 0 Å². The second-order valence-corrected chi connectivity index (χ2v) is 10.5. The van der Waals surface area contributed by atoms with Gasteiger partial charge in [-0.2, -0.15) is 0 Å². The van der Waals surface area contributed by atoms with Crippen LogP contribution in [0.25, 0.3) is 10.8 Å². The van der Waals surface area contributed by atoms with Crippen LogP contribution in [-0.2, 0) is 11.2 Å². The topological polar surface area (TPSA) is 49.8 Å². The predicted octanol–water partition coefficient (Wildman–Crippen LogP) is 7.09. The molecule has 34 heavy (non-hydrogen) atoms. The molecule has 1 fully saturated rings. The van der Waals surface area contributed by atoms with Crippen molar-refractivity contribution in [1.29, 1.82) is 0 Å². The second-order valence-electron chi connectivity index (χ2n) is 10.5. The molecule has 0 bridgehead atoms. The number of hydrogen-bond acceptors (Lipinski definition) is 3. The molecular formula is C30H35NO3. The molecule has 1 amide bonds. The third-order valence-corrected chi connectivity index (χ3v) is 7.95. The third-order valence-electron chi connectivity index (χ3n) is 7.95. The third kappa shape index (κ3) is 4.15. The highest BCUT2D eigenvalue weighted by Gasteiger charge is 2.39. The van der Waals surface area contributed by atoms with Crippen LogP contribution in [0.5, 0.6) is 5.75 Å². The van der Waals surface area contributed by atoms with E-state index >= 15 is 0 Å². The molecular weight excluding hydrogens is 422 g/mol. The van der Waals surface area contributed by atoms with Gasteiger partial charge in [-0.25, -0.2) is 4.79 Å². The number of carbonyl (C=O) groups excluding carboxylic acids is 1. The van der Waals surface area contributed by atoms with E-state index in [9.17, 15) is 9.90 Å². The molecule has 4 atom stereocenters. The highest BCUT2D eigenvalue weighted by molar-refractivity contribution is 5.89. The lowest BCUT2D eigenvalue weighted by molar-refractivity contribution is -0.0145. The van der Waals surface area contributed by atoms with Gasteiger partial charge in [-0.3, -0.25) is 4.90 Å². The zero-order valence-electron chi connectivity index (χ0n) is 20.4. The fourth-order valence-electron chi connectivity index (χ4n) is 6.09. The molecule has 2 aliphatic rings. The summed E-state index contributed by atoms with van der Waals surface area (Å²) in [4.78, 5) is 15.7. The van der Waals surface area contributed by atoms with Gasteiger partial charge in [0.15, 0.2) is 0 Å². The lowest BCUT2D eigenvalue weighted by atomic mass is 9.75. The first-order valence-corrected chi connectivity index (χ1v) is 12.7. The highest BCUT2D eigenvalue weighted by atomic mass is 16.6. The van der Waals surface area contributed by atoms with Crippen LogP contribution in [-0.4, -0.2) is 28.7 Å². The van der Waals surface area contributed by atoms with E-state index in [4.69, 9.17) is 4.74 Å². The number of nitrogens with zero attached hydrogens (tertiary/aromatic N) is 1. The molecule has 3 aromatic carbocycles. The standard InChI is InChI=1S/C30H35NO3/c1-19(2)23-14-12-20(3)18-27(23)34-30(33)31-17-16-22-9-5-7-11-25(22)29(31)28-24-10-6-4-8-21(24)13-15-26(28)32/h4-11,13,15,19-20,23,27,29,32H,12,14,16-18H2,1-3H3/t20-,23+,27-,29?/m0/s1. The van der Waals surface area contributed by atoms with Crippen molar-refractivity contribution in [3.8, 4) is 5.75 Å². The maximum atomic E-state index is 13.8. The van der Waals surface area contributed by atoms with Crippen molar-refractivity contribution in [2.45, 2.75) is 58.6 Å². The van der Waals surface area contributed by atoms with E-state index in [2.05, 4.69) is 32.9 Å². The van der Waals surface area contributed by atoms with Gasteiger partial charge in [-0.05, 0) is 65.0 Å². The van der Waals surface area contributed by atoms with Crippen LogP contribution >= 0.6 is 0 Å². The predicted molar refractivity (Wildman–Crippen MR) is 136 cm³/mol. The van der Waals surface area contributed by atoms with Crippen LogP contribution < -0.4 is 0 Å². The molecule has 5 rings (SSSR count). The van der Waals surface area contributed by atoms with Gasteiger partial charge in [0.25, 0.3) is 0 Å². The van der Waals surface area contributed by atoms with Crippen molar-refractivity contribution in [2.75, 3.05) is 6.54 Å². The maximum absolute atomic E-state index is 13.8. The number of hydrogen-bond donors (Lipinski definition) is 1. The molecule has 0 spiro atoms. The number of rotatable bonds is 3. The number of fused-ring (bicyclic) bond motifs is 2. The molecule has 1 N–H and O–H groups in total. The number of ether oxygens (including phenoxy) is 1. The van der Waals surface area contributed by atoms with Gasteiger partial charge >= 0.3 is 6.09 Å². The SMILES string of the molecule is CC(C)[C@H]1CC[C@H](C)C[C@@H]1OC(=O)N1CCc2ccccc2C1c1c(O)ccc2ccccc12. The summed E-state index contributed by atoms with van der Waals surface area (Å²) in [6, 6.07) is 19.6. The summed E-state index contributed by atoms with van der Waals surface area (Å²) in [6.45, 7) is 7.29. The Morgan fingerprint density at radius 2 is 1.79 bits per heavy atom. The molecule has 3 aromatic rings. The average molecular weight is 458 g/mol. The molecule has 0 saturated heterocycles. The monoisotopic (exact) mass is 457 g/mol. The Kier molecular flexibility index (Phi) is 6.24. The van der Waals surface area contributed by atoms with Crippen LogP contribution in [0.3, 0.4) is 0 Å². The Hall–Kier alpha value is -3.01. The molecule has 0 aromatic heterocycles. The van der Waals surface area contributed by atoms with Gasteiger partial charge in [0.05, 0.1) is 6.04 Å². The zero-order valence-corrected chi connectivity index (χ0v) is 20.4. The van der Waals surface area contributed by atoms with Gasteiger partial charge in [0.1, 0.15) is 11.9 Å². The number of phenolic OH excluding ortho intramolecular Hbond substituents is 1. The van der Waals surface area contributed by atoms with Crippen molar-refractivity contribution in [1.82, 2.24) is 4.90 Å². The molecule has 4 heteroatoms. The summed E-state index contributed by atoms with van der Waals surface area (Å²) in [7, 11) is 0. The summed E-state index contributed by atoms with van der Waals surface area (Å²) >= 11 is 0. The normalized spacial score (nSPS) is 24.8. The fourth-order valence-corrected chi connectivity index (χ4v) is 6.09. The van der Waals surface area contributed by atoms with Crippen molar-refractivity contribution in [3.05, 3.63) is 77.4 Å². The molecule has 1 aliphatic carbocycles. The Morgan fingerprint density at radius 3 is 2.62 bits per heavy atom. The largest absolute Gasteiger partial charge is 0.508 e. The Labute approximate surface area is 202 Å². The van der Waals surface area contributed by atoms with Crippen LogP contribution in [0.15, 0.2) is 60.7 Å². The van der Waals surface area contributed by atoms with Crippen molar-refractivity contribution in [2.24, 2.45) is 17.8 Å². The number of amides is 1. The number of benzene rings is 3. The Morgan fingerprint density at radius 1 is 1.03 bits per heavy atom. The van der Waals surface area contributed by atoms with E-state index in [0.29, 0.717) is 24.3 Å². The summed E-state index contributed by atoms with van der Waals surface area (Å²) in [6.07, 6.45) is 3.67. The Bertz CT molecular complexity index is 1190. The Balaban J connectivity index is 1.56. The zero-order chi connectivity index (χ0) is 23.8. The second kappa shape index (κ2) is 9.32. The molecule has 0 radical (unpaired) electrons. The van der Waals surface area contributed by atoms with Crippen molar-refractivity contribution >= 4 is 16.9 Å². The van der Waals surface area contributed by atoms with Gasteiger partial charge in [-0.1, -0.05) is 81.8 Å². The van der Waals surface area contributed by atoms with E-state index in [1.54, 1.807) is 6.07 Å². The van der Waals surface area contributed by atoms with Crippen molar-refractivity contribution in [3.63, 3.8) is 0 Å². The highest BCUT2D eigenvalue weighted by Crippen LogP contribution is 2.43. The maximum Gasteiger partial charge on any atom is 0.410 e. The lowest BCUT2D eigenvalue weighted by Gasteiger charge is -2.41. The van der Waals surface area contributed by atoms with E-state index in [1.165, 1.54) is 12.0 Å². The summed E-state index contributed by atoms with van der Waals surface area (Å²) in [5.41, 5.74) is 3.06. The quantitative estimate of drug-likeness (QED) is 0.457. The van der Waals surface area contributed by atoms with Crippen LogP contribution in [0.4, 0.5) is 4.79 Å². The van der Waals surface area contributed by atoms with Gasteiger partial charge in [0, 0.05) is 12.1 Å². The van der Waals surface area contributed by atoms with Gasteiger partial charge < -0.3 is 9.84 Å². The van der Waals surface area contributed by atoms with Crippen LogP contribution in [0.1, 0.15) is 62.8 Å². The fraction of sp³-hybridized carbons (Fsp3) is 0.433. The van der Waals surface area contributed by atoms with Crippen LogP contribution in [0, 0.1) is 17.8 Å². The first-order valence-electron chi connectivity index (χ1n) is 12.7. The first-order chi connectivity index (χ1) is 16.4. The van der Waals surface area contributed by atoms with E-state index in [-0.39, 0.29) is 24.0 Å². The smallest absolute Gasteiger partial charge is 0.410 e. The minimum absolute atomic E-state index is 0.0600. The number of phenols is 1. The average Bonchev–Trinajstić information content (AvgIpc) is 2.83. The summed E-state index contributed by atoms with van der Waals surface area (Å²) in [5.74, 6) is 1.64. The molecule has 1 heterocycles. The molecule has 1 unspecified atom stereocenters. The minimum Gasteiger partial charge on any atom is -0.508 e. The summed E-state index contributed by atoms with van der Waals surface area (Å²) in [5, 5.41) is 13.1. The lowest BCUT2D eigenvalue weighted by Crippen LogP contribution is -2.44.